The average Bonchev–Trinajstić information content (AvgIpc) is 2.38. The standard InChI is InChI=1S/C10H15N3O3S2Se2/c11-5(10(16)20)1-2-7(19)13-6(4-17)9(18)12-3-8(14)15/h5-6,17H,1-4,11H2,(H,12,18)(H,14,15)/t5-,6-/m0/s1. The molecule has 6 nitrogen and oxygen atoms in total. The first kappa shape index (κ1) is 20.0. The normalized spacial score (nSPS) is 14.4. The van der Waals surface area contributed by atoms with Gasteiger partial charge in [-0.3, -0.25) is 0 Å². The van der Waals surface area contributed by atoms with E-state index in [1.54, 1.807) is 0 Å². The van der Waals surface area contributed by atoms with Crippen LogP contribution in [-0.2, 0) is 9.59 Å². The van der Waals surface area contributed by atoms with Gasteiger partial charge >= 0.3 is 145 Å². The van der Waals surface area contributed by atoms with Crippen molar-refractivity contribution in [3.8, 4) is 0 Å². The minimum absolute atomic E-state index is 0.192. The Morgan fingerprint density at radius 1 is 1.45 bits per heavy atom. The molecule has 0 aliphatic heterocycles. The first-order valence-corrected chi connectivity index (χ1v) is 8.33. The molecule has 0 saturated heterocycles. The van der Waals surface area contributed by atoms with Gasteiger partial charge in [0.15, 0.2) is 0 Å². The van der Waals surface area contributed by atoms with Gasteiger partial charge in [-0.2, -0.15) is 0 Å². The van der Waals surface area contributed by atoms with E-state index in [4.69, 9.17) is 23.1 Å². The Balaban J connectivity index is 4.43. The van der Waals surface area contributed by atoms with Crippen LogP contribution >= 0.6 is 24.8 Å². The number of nitrogens with zero attached hydrogens (tertiary/aromatic N) is 1. The number of hydrogen-bond acceptors (Lipinski definition) is 6. The van der Waals surface area contributed by atoms with Crippen molar-refractivity contribution in [1.82, 2.24) is 5.32 Å². The van der Waals surface area contributed by atoms with Gasteiger partial charge in [0.2, 0.25) is 0 Å². The van der Waals surface area contributed by atoms with Crippen LogP contribution in [0.15, 0.2) is 4.99 Å². The summed E-state index contributed by atoms with van der Waals surface area (Å²) in [6, 6.07) is -0.968. The number of carbonyl (C=O) groups excluding carboxylic acids is 1. The van der Waals surface area contributed by atoms with Crippen molar-refractivity contribution in [3.63, 3.8) is 0 Å². The first-order chi connectivity index (χ1) is 9.27. The number of aliphatic carboxylic acids is 1. The number of hydrogen-bond donors (Lipinski definition) is 4. The number of thiocarbonyl (C=S) groups is 1. The van der Waals surface area contributed by atoms with E-state index in [1.165, 1.54) is 0 Å². The van der Waals surface area contributed by atoms with Gasteiger partial charge in [0, 0.05) is 0 Å². The Hall–Kier alpha value is 0.0490. The van der Waals surface area contributed by atoms with Crippen LogP contribution in [0, 0.1) is 0 Å². The summed E-state index contributed by atoms with van der Waals surface area (Å²) < 4.78 is 0.474. The second kappa shape index (κ2) is 10.7. The van der Waals surface area contributed by atoms with Gasteiger partial charge in [0.05, 0.1) is 0 Å². The van der Waals surface area contributed by atoms with E-state index in [0.717, 1.165) is 0 Å². The van der Waals surface area contributed by atoms with Crippen molar-refractivity contribution >= 4 is 77.1 Å². The molecule has 0 bridgehead atoms. The van der Waals surface area contributed by atoms with Crippen LogP contribution in [0.25, 0.3) is 0 Å². The molecule has 2 radical (unpaired) electrons. The molecule has 0 unspecified atom stereocenters. The molecule has 0 aromatic carbocycles. The van der Waals surface area contributed by atoms with Gasteiger partial charge in [-0.1, -0.05) is 0 Å². The third-order valence-corrected chi connectivity index (χ3v) is 4.21. The Bertz CT molecular complexity index is 407. The van der Waals surface area contributed by atoms with Crippen LogP contribution in [0.5, 0.6) is 0 Å². The van der Waals surface area contributed by atoms with Gasteiger partial charge in [-0.15, -0.1) is 0 Å². The van der Waals surface area contributed by atoms with E-state index < -0.39 is 18.1 Å². The fourth-order valence-electron chi connectivity index (χ4n) is 1.10. The molecule has 0 heterocycles. The van der Waals surface area contributed by atoms with Crippen molar-refractivity contribution in [2.45, 2.75) is 24.9 Å². The molecule has 0 aliphatic carbocycles. The van der Waals surface area contributed by atoms with Crippen LogP contribution in [-0.4, -0.2) is 81.8 Å². The summed E-state index contributed by atoms with van der Waals surface area (Å²) in [7, 11) is 0. The molecular formula is C10H15N3O3S2Se2. The summed E-state index contributed by atoms with van der Waals surface area (Å²) in [6.07, 6.45) is 0.979. The van der Waals surface area contributed by atoms with Crippen LogP contribution in [0.1, 0.15) is 12.8 Å². The second-order valence-electron chi connectivity index (χ2n) is 3.80. The number of carboxylic acids is 1. The maximum absolute atomic E-state index is 11.0. The van der Waals surface area contributed by atoms with Crippen LogP contribution in [0.2, 0.25) is 0 Å². The molecule has 0 aliphatic rings. The molecule has 20 heavy (non-hydrogen) atoms. The number of nitrogens with two attached hydrogens (primary N) is 1. The number of thiol groups is 1. The molecule has 2 atom stereocenters. The van der Waals surface area contributed by atoms with Crippen molar-refractivity contribution in [2.75, 3.05) is 12.3 Å². The van der Waals surface area contributed by atoms with E-state index >= 15 is 0 Å². The number of rotatable bonds is 9. The fourth-order valence-corrected chi connectivity index (χ4v) is 2.46. The van der Waals surface area contributed by atoms with Crippen molar-refractivity contribution in [2.24, 2.45) is 10.7 Å². The molecule has 0 aromatic rings. The number of aliphatic imine (C=N–C) groups is 1. The Morgan fingerprint density at radius 2 is 2.05 bits per heavy atom. The van der Waals surface area contributed by atoms with Gasteiger partial charge in [-0.25, -0.2) is 0 Å². The van der Waals surface area contributed by atoms with E-state index in [1.807, 2.05) is 0 Å². The average molecular weight is 447 g/mol. The van der Waals surface area contributed by atoms with Crippen LogP contribution in [0.4, 0.5) is 0 Å². The molecule has 10 heteroatoms. The SMILES string of the molecule is N[C@@H](CCC([Se])=N[C@@H](CS)C(=S)NCC(=O)O)C(=O)[Se]. The molecular weight excluding hydrogens is 432 g/mol. The summed E-state index contributed by atoms with van der Waals surface area (Å²) in [5.74, 6) is -0.649. The number of carboxylic acid groups (broad SMARTS) is 1. The predicted molar refractivity (Wildman–Crippen MR) is 87.0 cm³/mol. The van der Waals surface area contributed by atoms with E-state index in [0.29, 0.717) is 28.2 Å². The van der Waals surface area contributed by atoms with Gasteiger partial charge in [0.1, 0.15) is 0 Å². The van der Waals surface area contributed by atoms with Gasteiger partial charge in [-0.05, 0) is 0 Å². The maximum atomic E-state index is 11.0. The monoisotopic (exact) mass is 449 g/mol. The summed E-state index contributed by atoms with van der Waals surface area (Å²) in [4.78, 5) is 26.0. The summed E-state index contributed by atoms with van der Waals surface area (Å²) in [6.45, 7) is -0.258. The number of carbonyl (C=O) groups is 2. The summed E-state index contributed by atoms with van der Waals surface area (Å²) in [5, 5.41) is 11.2. The molecule has 0 amide bonds. The molecule has 0 aromatic heterocycles. The van der Waals surface area contributed by atoms with E-state index in [9.17, 15) is 9.59 Å². The third kappa shape index (κ3) is 9.07. The zero-order chi connectivity index (χ0) is 15.7. The molecule has 4 N–H and O–H groups in total. The Morgan fingerprint density at radius 3 is 2.50 bits per heavy atom. The van der Waals surface area contributed by atoms with Crippen LogP contribution < -0.4 is 11.1 Å². The molecule has 0 fully saturated rings. The molecule has 112 valence electrons. The summed E-state index contributed by atoms with van der Waals surface area (Å²) in [5.41, 5.74) is 5.60. The third-order valence-electron chi connectivity index (χ3n) is 2.16. The van der Waals surface area contributed by atoms with E-state index in [-0.39, 0.29) is 11.2 Å². The van der Waals surface area contributed by atoms with Gasteiger partial charge < -0.3 is 0 Å². The molecule has 0 rings (SSSR count). The Labute approximate surface area is 144 Å². The van der Waals surface area contributed by atoms with Crippen molar-refractivity contribution in [1.29, 1.82) is 0 Å². The van der Waals surface area contributed by atoms with Crippen molar-refractivity contribution < 1.29 is 14.7 Å². The van der Waals surface area contributed by atoms with Crippen molar-refractivity contribution in [3.05, 3.63) is 0 Å². The molecule has 0 spiro atoms. The zero-order valence-corrected chi connectivity index (χ0v) is 15.6. The molecule has 0 saturated carbocycles. The predicted octanol–water partition coefficient (Wildman–Crippen LogP) is -1.34. The topological polar surface area (TPSA) is 105 Å². The van der Waals surface area contributed by atoms with Crippen LogP contribution in [0.3, 0.4) is 0 Å². The second-order valence-corrected chi connectivity index (χ2v) is 6.43. The quantitative estimate of drug-likeness (QED) is 0.151. The Kier molecular flexibility index (Phi) is 10.8. The number of nitrogens with one attached hydrogen (secondary N) is 1. The minimum atomic E-state index is -0.999. The van der Waals surface area contributed by atoms with E-state index in [2.05, 4.69) is 55.0 Å². The fraction of sp³-hybridized carbons (Fsp3) is 0.600. The summed E-state index contributed by atoms with van der Waals surface area (Å²) >= 11 is 14.3. The van der Waals surface area contributed by atoms with Gasteiger partial charge in [0.25, 0.3) is 0 Å². The zero-order valence-electron chi connectivity index (χ0n) is 10.4. The first-order valence-electron chi connectivity index (χ1n) is 5.58.